The van der Waals surface area contributed by atoms with Gasteiger partial charge in [-0.1, -0.05) is 30.2 Å². The van der Waals surface area contributed by atoms with Crippen LogP contribution in [0, 0.1) is 0 Å². The Morgan fingerprint density at radius 2 is 1.82 bits per heavy atom. The smallest absolute Gasteiger partial charge is 0.245 e. The van der Waals surface area contributed by atoms with E-state index in [4.69, 9.17) is 16.3 Å². The molecule has 3 atom stereocenters. The Labute approximate surface area is 229 Å². The Morgan fingerprint density at radius 1 is 1.08 bits per heavy atom. The van der Waals surface area contributed by atoms with Crippen molar-refractivity contribution >= 4 is 44.2 Å². The summed E-state index contributed by atoms with van der Waals surface area (Å²) in [6, 6.07) is 8.41. The van der Waals surface area contributed by atoms with E-state index in [1.165, 1.54) is 30.2 Å². The van der Waals surface area contributed by atoms with Crippen LogP contribution in [0.3, 0.4) is 0 Å². The number of benzene rings is 2. The number of ether oxygens (including phenoxy) is 1. The van der Waals surface area contributed by atoms with Gasteiger partial charge in [-0.15, -0.1) is 0 Å². The lowest BCUT2D eigenvalue weighted by atomic mass is 10.1. The molecule has 3 aliphatic rings. The van der Waals surface area contributed by atoms with E-state index < -0.39 is 22.1 Å². The van der Waals surface area contributed by atoms with Gasteiger partial charge in [0.05, 0.1) is 17.6 Å². The van der Waals surface area contributed by atoms with Crippen LogP contribution in [0.2, 0.25) is 5.02 Å². The van der Waals surface area contributed by atoms with Crippen LogP contribution in [0.5, 0.6) is 0 Å². The van der Waals surface area contributed by atoms with Crippen LogP contribution in [-0.2, 0) is 24.3 Å². The number of carbonyl (C=O) groups excluding carboxylic acids is 2. The van der Waals surface area contributed by atoms with E-state index in [1.54, 1.807) is 42.2 Å². The third kappa shape index (κ3) is 5.99. The fraction of sp³-hybridized carbons (Fsp3) is 0.556. The number of carbonyl (C=O) groups is 2. The van der Waals surface area contributed by atoms with Crippen molar-refractivity contribution in [2.24, 2.45) is 0 Å². The summed E-state index contributed by atoms with van der Waals surface area (Å²) in [4.78, 5) is 32.3. The molecule has 1 N–H and O–H groups in total. The molecule has 3 fully saturated rings. The van der Waals surface area contributed by atoms with Crippen LogP contribution in [0.15, 0.2) is 41.3 Å². The van der Waals surface area contributed by atoms with E-state index in [0.717, 1.165) is 30.4 Å². The van der Waals surface area contributed by atoms with Crippen LogP contribution in [0.1, 0.15) is 32.6 Å². The van der Waals surface area contributed by atoms with Crippen LogP contribution in [0.25, 0.3) is 10.8 Å². The second-order valence-corrected chi connectivity index (χ2v) is 12.6. The SMILES string of the molecule is C[C@@H](C(=O)N1CCOC(CN2CCCCC2)C1)N1CC[C@H](NS(=O)(=O)c2ccc3cc(Cl)ccc3c2)C1=O. The van der Waals surface area contributed by atoms with Crippen molar-refractivity contribution in [1.82, 2.24) is 19.4 Å². The van der Waals surface area contributed by atoms with Crippen molar-refractivity contribution in [3.63, 3.8) is 0 Å². The molecule has 2 aromatic rings. The van der Waals surface area contributed by atoms with E-state index in [1.807, 2.05) is 0 Å². The number of rotatable bonds is 7. The molecule has 3 aliphatic heterocycles. The fourth-order valence-electron chi connectivity index (χ4n) is 5.67. The van der Waals surface area contributed by atoms with Gasteiger partial charge in [0.15, 0.2) is 0 Å². The third-order valence-corrected chi connectivity index (χ3v) is 9.51. The van der Waals surface area contributed by atoms with Gasteiger partial charge in [0, 0.05) is 31.2 Å². The minimum absolute atomic E-state index is 0.0372. The number of fused-ring (bicyclic) bond motifs is 1. The van der Waals surface area contributed by atoms with E-state index in [0.29, 0.717) is 37.7 Å². The monoisotopic (exact) mass is 562 g/mol. The van der Waals surface area contributed by atoms with Gasteiger partial charge < -0.3 is 19.4 Å². The predicted molar refractivity (Wildman–Crippen MR) is 145 cm³/mol. The molecule has 11 heteroatoms. The zero-order chi connectivity index (χ0) is 26.9. The Morgan fingerprint density at radius 3 is 2.61 bits per heavy atom. The molecule has 2 amide bonds. The van der Waals surface area contributed by atoms with Crippen molar-refractivity contribution in [2.45, 2.75) is 55.7 Å². The van der Waals surface area contributed by atoms with Crippen LogP contribution >= 0.6 is 11.6 Å². The molecule has 1 unspecified atom stereocenters. The molecule has 0 bridgehead atoms. The summed E-state index contributed by atoms with van der Waals surface area (Å²) in [5, 5.41) is 2.13. The minimum atomic E-state index is -3.94. The van der Waals surface area contributed by atoms with E-state index in [-0.39, 0.29) is 22.8 Å². The molecular formula is C27H35ClN4O5S. The Bertz CT molecular complexity index is 1300. The lowest BCUT2D eigenvalue weighted by molar-refractivity contribution is -0.149. The Balaban J connectivity index is 1.20. The third-order valence-electron chi connectivity index (χ3n) is 7.81. The number of nitrogens with zero attached hydrogens (tertiary/aromatic N) is 3. The van der Waals surface area contributed by atoms with E-state index >= 15 is 0 Å². The summed E-state index contributed by atoms with van der Waals surface area (Å²) in [7, 11) is -3.94. The van der Waals surface area contributed by atoms with Gasteiger partial charge in [-0.2, -0.15) is 4.72 Å². The number of halogens is 1. The number of nitrogens with one attached hydrogen (secondary N) is 1. The van der Waals surface area contributed by atoms with Gasteiger partial charge in [0.2, 0.25) is 21.8 Å². The standard InChI is InChI=1S/C27H35ClN4O5S/c1-19(26(33)31-13-14-37-23(18-31)17-30-10-3-2-4-11-30)32-12-9-25(27(32)34)29-38(35,36)24-8-6-20-15-22(28)7-5-21(20)16-24/h5-8,15-16,19,23,25,29H,2-4,9-14,17-18H2,1H3/t19-,23?,25-/m0/s1. The average molecular weight is 563 g/mol. The molecule has 0 aliphatic carbocycles. The normalized spacial score (nSPS) is 24.2. The largest absolute Gasteiger partial charge is 0.373 e. The first-order chi connectivity index (χ1) is 18.2. The molecular weight excluding hydrogens is 528 g/mol. The van der Waals surface area contributed by atoms with Crippen molar-refractivity contribution in [2.75, 3.05) is 45.9 Å². The molecule has 5 rings (SSSR count). The summed E-state index contributed by atoms with van der Waals surface area (Å²) in [5.74, 6) is -0.498. The highest BCUT2D eigenvalue weighted by atomic mass is 35.5. The van der Waals surface area contributed by atoms with Gasteiger partial charge in [0.1, 0.15) is 12.1 Å². The molecule has 2 aromatic carbocycles. The zero-order valence-corrected chi connectivity index (χ0v) is 23.2. The maximum Gasteiger partial charge on any atom is 0.245 e. The summed E-state index contributed by atoms with van der Waals surface area (Å²) in [6.45, 7) is 6.46. The van der Waals surface area contributed by atoms with Crippen molar-refractivity contribution < 1.29 is 22.7 Å². The highest BCUT2D eigenvalue weighted by Crippen LogP contribution is 2.24. The number of hydrogen-bond acceptors (Lipinski definition) is 6. The molecule has 0 saturated carbocycles. The van der Waals surface area contributed by atoms with Gasteiger partial charge in [-0.05, 0) is 74.3 Å². The number of likely N-dealkylation sites (tertiary alicyclic amines) is 2. The van der Waals surface area contributed by atoms with Crippen LogP contribution in [-0.4, -0.2) is 99.0 Å². The maximum atomic E-state index is 13.3. The van der Waals surface area contributed by atoms with Gasteiger partial charge in [0.25, 0.3) is 0 Å². The first-order valence-electron chi connectivity index (χ1n) is 13.4. The Kier molecular flexibility index (Phi) is 8.25. The molecule has 9 nitrogen and oxygen atoms in total. The number of sulfonamides is 1. The fourth-order valence-corrected chi connectivity index (χ4v) is 7.11. The second kappa shape index (κ2) is 11.5. The van der Waals surface area contributed by atoms with E-state index in [2.05, 4.69) is 9.62 Å². The lowest BCUT2D eigenvalue weighted by Gasteiger charge is -2.38. The van der Waals surface area contributed by atoms with Crippen molar-refractivity contribution in [1.29, 1.82) is 0 Å². The number of amides is 2. The Hall–Kier alpha value is -2.24. The lowest BCUT2D eigenvalue weighted by Crippen LogP contribution is -2.55. The van der Waals surface area contributed by atoms with Gasteiger partial charge in [-0.3, -0.25) is 9.59 Å². The minimum Gasteiger partial charge on any atom is -0.373 e. The van der Waals surface area contributed by atoms with Gasteiger partial charge >= 0.3 is 0 Å². The summed E-state index contributed by atoms with van der Waals surface area (Å²) < 4.78 is 34.7. The number of hydrogen-bond donors (Lipinski definition) is 1. The first kappa shape index (κ1) is 27.3. The zero-order valence-electron chi connectivity index (χ0n) is 21.6. The topological polar surface area (TPSA) is 99.3 Å². The van der Waals surface area contributed by atoms with E-state index in [9.17, 15) is 18.0 Å². The van der Waals surface area contributed by atoms with Crippen LogP contribution < -0.4 is 4.72 Å². The second-order valence-electron chi connectivity index (χ2n) is 10.5. The highest BCUT2D eigenvalue weighted by molar-refractivity contribution is 7.89. The summed E-state index contributed by atoms with van der Waals surface area (Å²) in [6.07, 6.45) is 3.93. The maximum absolute atomic E-state index is 13.3. The molecule has 3 saturated heterocycles. The average Bonchev–Trinajstić information content (AvgIpc) is 3.27. The predicted octanol–water partition coefficient (Wildman–Crippen LogP) is 2.47. The summed E-state index contributed by atoms with van der Waals surface area (Å²) >= 11 is 6.03. The molecule has 0 aromatic heterocycles. The van der Waals surface area contributed by atoms with Crippen molar-refractivity contribution in [3.05, 3.63) is 41.4 Å². The van der Waals surface area contributed by atoms with Crippen LogP contribution in [0.4, 0.5) is 0 Å². The van der Waals surface area contributed by atoms with Crippen molar-refractivity contribution in [3.8, 4) is 0 Å². The number of piperidine rings is 1. The quantitative estimate of drug-likeness (QED) is 0.557. The summed E-state index contributed by atoms with van der Waals surface area (Å²) in [5.41, 5.74) is 0. The highest BCUT2D eigenvalue weighted by Gasteiger charge is 2.41. The number of morpholine rings is 1. The van der Waals surface area contributed by atoms with Gasteiger partial charge in [-0.25, -0.2) is 8.42 Å². The molecule has 206 valence electrons. The molecule has 0 radical (unpaired) electrons. The molecule has 3 heterocycles. The molecule has 38 heavy (non-hydrogen) atoms. The molecule has 0 spiro atoms. The first-order valence-corrected chi connectivity index (χ1v) is 15.2.